The Morgan fingerprint density at radius 3 is 2.76 bits per heavy atom. The molecular weight excluding hydrogens is 336 g/mol. The molecule has 6 heteroatoms. The van der Waals surface area contributed by atoms with E-state index in [-0.39, 0.29) is 18.2 Å². The standard InChI is InChI=1S/C19H22N2O3S/c22-18(10-11-20-19(23)17-9-4-12-25-17)21-14-5-3-8-16(13-14)24-15-6-1-2-7-15/h3-5,8-9,12-13,15H,1-2,6-7,10-11H2,(H,20,23)(H,21,22). The molecule has 0 spiro atoms. The van der Waals surface area contributed by atoms with Gasteiger partial charge in [0.15, 0.2) is 0 Å². The molecule has 1 saturated carbocycles. The van der Waals surface area contributed by atoms with E-state index in [4.69, 9.17) is 4.74 Å². The topological polar surface area (TPSA) is 67.4 Å². The van der Waals surface area contributed by atoms with Gasteiger partial charge in [0.2, 0.25) is 5.91 Å². The van der Waals surface area contributed by atoms with Crippen LogP contribution in [0.3, 0.4) is 0 Å². The summed E-state index contributed by atoms with van der Waals surface area (Å²) in [5.41, 5.74) is 0.713. The third-order valence-electron chi connectivity index (χ3n) is 4.11. The van der Waals surface area contributed by atoms with E-state index in [9.17, 15) is 9.59 Å². The molecule has 132 valence electrons. The fourth-order valence-electron chi connectivity index (χ4n) is 2.85. The lowest BCUT2D eigenvalue weighted by Gasteiger charge is -2.14. The van der Waals surface area contributed by atoms with E-state index in [0.717, 1.165) is 18.6 Å². The molecule has 1 aliphatic carbocycles. The van der Waals surface area contributed by atoms with Crippen molar-refractivity contribution in [1.82, 2.24) is 5.32 Å². The van der Waals surface area contributed by atoms with Crippen LogP contribution in [0.4, 0.5) is 5.69 Å². The molecule has 1 aromatic heterocycles. The largest absolute Gasteiger partial charge is 0.490 e. The first-order valence-corrected chi connectivity index (χ1v) is 9.47. The Labute approximate surface area is 151 Å². The van der Waals surface area contributed by atoms with Gasteiger partial charge >= 0.3 is 0 Å². The van der Waals surface area contributed by atoms with Crippen molar-refractivity contribution in [3.63, 3.8) is 0 Å². The molecule has 1 aromatic carbocycles. The molecule has 2 aromatic rings. The van der Waals surface area contributed by atoms with Crippen molar-refractivity contribution in [2.75, 3.05) is 11.9 Å². The first kappa shape index (κ1) is 17.5. The molecule has 1 fully saturated rings. The molecule has 0 unspecified atom stereocenters. The maximum absolute atomic E-state index is 12.0. The average Bonchev–Trinajstić information content (AvgIpc) is 3.28. The molecule has 2 N–H and O–H groups in total. The lowest BCUT2D eigenvalue weighted by Crippen LogP contribution is -2.27. The summed E-state index contributed by atoms with van der Waals surface area (Å²) in [7, 11) is 0. The molecule has 1 heterocycles. The van der Waals surface area contributed by atoms with Crippen molar-refractivity contribution >= 4 is 28.8 Å². The lowest BCUT2D eigenvalue weighted by atomic mass is 10.2. The molecule has 0 bridgehead atoms. The zero-order valence-electron chi connectivity index (χ0n) is 14.0. The van der Waals surface area contributed by atoms with Crippen LogP contribution in [0.1, 0.15) is 41.8 Å². The second-order valence-electron chi connectivity index (χ2n) is 6.08. The Hall–Kier alpha value is -2.34. The number of hydrogen-bond acceptors (Lipinski definition) is 4. The number of anilines is 1. The monoisotopic (exact) mass is 358 g/mol. The van der Waals surface area contributed by atoms with Gasteiger partial charge in [0.1, 0.15) is 5.75 Å². The van der Waals surface area contributed by atoms with Crippen LogP contribution < -0.4 is 15.4 Å². The van der Waals surface area contributed by atoms with Gasteiger partial charge in [-0.15, -0.1) is 11.3 Å². The van der Waals surface area contributed by atoms with E-state index in [1.807, 2.05) is 35.7 Å². The van der Waals surface area contributed by atoms with E-state index in [2.05, 4.69) is 10.6 Å². The summed E-state index contributed by atoms with van der Waals surface area (Å²) in [4.78, 5) is 24.5. The normalized spacial score (nSPS) is 14.2. The minimum atomic E-state index is -0.144. The molecule has 0 saturated heterocycles. The fraction of sp³-hybridized carbons (Fsp3) is 0.368. The molecule has 0 radical (unpaired) electrons. The summed E-state index contributed by atoms with van der Waals surface area (Å²) < 4.78 is 5.94. The third kappa shape index (κ3) is 5.32. The van der Waals surface area contributed by atoms with E-state index in [0.29, 0.717) is 23.2 Å². The third-order valence-corrected chi connectivity index (χ3v) is 4.97. The van der Waals surface area contributed by atoms with Crippen molar-refractivity contribution in [2.24, 2.45) is 0 Å². The molecule has 5 nitrogen and oxygen atoms in total. The van der Waals surface area contributed by atoms with Gasteiger partial charge in [-0.1, -0.05) is 12.1 Å². The Bertz CT molecular complexity index is 709. The summed E-state index contributed by atoms with van der Waals surface area (Å²) in [6.45, 7) is 0.306. The number of carbonyl (C=O) groups excluding carboxylic acids is 2. The number of rotatable bonds is 7. The second kappa shape index (κ2) is 8.67. The Balaban J connectivity index is 1.43. The fourth-order valence-corrected chi connectivity index (χ4v) is 3.49. The molecular formula is C19H22N2O3S. The van der Waals surface area contributed by atoms with Gasteiger partial charge < -0.3 is 15.4 Å². The predicted molar refractivity (Wildman–Crippen MR) is 99.2 cm³/mol. The minimum absolute atomic E-state index is 0.135. The maximum atomic E-state index is 12.0. The second-order valence-corrected chi connectivity index (χ2v) is 7.03. The van der Waals surface area contributed by atoms with Crippen molar-refractivity contribution in [3.05, 3.63) is 46.7 Å². The van der Waals surface area contributed by atoms with E-state index in [1.165, 1.54) is 24.2 Å². The molecule has 0 aliphatic heterocycles. The van der Waals surface area contributed by atoms with Crippen LogP contribution in [0.15, 0.2) is 41.8 Å². The summed E-state index contributed by atoms with van der Waals surface area (Å²) in [6.07, 6.45) is 5.15. The number of amides is 2. The number of hydrogen-bond donors (Lipinski definition) is 2. The van der Waals surface area contributed by atoms with Crippen LogP contribution in [0.5, 0.6) is 5.75 Å². The smallest absolute Gasteiger partial charge is 0.261 e. The summed E-state index contributed by atoms with van der Waals surface area (Å²) >= 11 is 1.38. The van der Waals surface area contributed by atoms with Gasteiger partial charge in [0.25, 0.3) is 5.91 Å². The number of carbonyl (C=O) groups is 2. The number of thiophene rings is 1. The van der Waals surface area contributed by atoms with Crippen molar-refractivity contribution in [1.29, 1.82) is 0 Å². The van der Waals surface area contributed by atoms with Gasteiger partial charge in [-0.25, -0.2) is 0 Å². The highest BCUT2D eigenvalue weighted by Gasteiger charge is 2.16. The minimum Gasteiger partial charge on any atom is -0.490 e. The van der Waals surface area contributed by atoms with Gasteiger partial charge in [-0.2, -0.15) is 0 Å². The summed E-state index contributed by atoms with van der Waals surface area (Å²) in [5.74, 6) is 0.509. The van der Waals surface area contributed by atoms with Crippen LogP contribution in [0.25, 0.3) is 0 Å². The molecule has 2 amide bonds. The Morgan fingerprint density at radius 2 is 2.00 bits per heavy atom. The zero-order chi connectivity index (χ0) is 17.5. The predicted octanol–water partition coefficient (Wildman–Crippen LogP) is 3.83. The Morgan fingerprint density at radius 1 is 1.16 bits per heavy atom. The SMILES string of the molecule is O=C(CCNC(=O)c1cccs1)Nc1cccc(OC2CCCC2)c1. The van der Waals surface area contributed by atoms with Crippen LogP contribution in [0.2, 0.25) is 0 Å². The van der Waals surface area contributed by atoms with Gasteiger partial charge in [0.05, 0.1) is 11.0 Å². The molecule has 3 rings (SSSR count). The number of benzene rings is 1. The highest BCUT2D eigenvalue weighted by Crippen LogP contribution is 2.25. The number of ether oxygens (including phenoxy) is 1. The Kier molecular flexibility index (Phi) is 6.06. The van der Waals surface area contributed by atoms with Crippen molar-refractivity contribution in [3.8, 4) is 5.75 Å². The van der Waals surface area contributed by atoms with Crippen molar-refractivity contribution < 1.29 is 14.3 Å². The van der Waals surface area contributed by atoms with Gasteiger partial charge in [-0.3, -0.25) is 9.59 Å². The van der Waals surface area contributed by atoms with Crippen LogP contribution in [-0.2, 0) is 4.79 Å². The van der Waals surface area contributed by atoms with E-state index in [1.54, 1.807) is 6.07 Å². The summed E-state index contributed by atoms with van der Waals surface area (Å²) in [6, 6.07) is 11.1. The van der Waals surface area contributed by atoms with Crippen LogP contribution in [0, 0.1) is 0 Å². The first-order chi connectivity index (χ1) is 12.2. The molecule has 1 aliphatic rings. The highest BCUT2D eigenvalue weighted by molar-refractivity contribution is 7.12. The molecule has 0 atom stereocenters. The summed E-state index contributed by atoms with van der Waals surface area (Å²) in [5, 5.41) is 7.44. The quantitative estimate of drug-likeness (QED) is 0.790. The van der Waals surface area contributed by atoms with Gasteiger partial charge in [-0.05, 0) is 49.3 Å². The number of nitrogens with one attached hydrogen (secondary N) is 2. The van der Waals surface area contributed by atoms with Crippen molar-refractivity contribution in [2.45, 2.75) is 38.2 Å². The van der Waals surface area contributed by atoms with Crippen LogP contribution in [-0.4, -0.2) is 24.5 Å². The molecule has 25 heavy (non-hydrogen) atoms. The lowest BCUT2D eigenvalue weighted by molar-refractivity contribution is -0.116. The van der Waals surface area contributed by atoms with E-state index < -0.39 is 0 Å². The van der Waals surface area contributed by atoms with Crippen LogP contribution >= 0.6 is 11.3 Å². The van der Waals surface area contributed by atoms with E-state index >= 15 is 0 Å². The maximum Gasteiger partial charge on any atom is 0.261 e. The zero-order valence-corrected chi connectivity index (χ0v) is 14.8. The highest BCUT2D eigenvalue weighted by atomic mass is 32.1. The van der Waals surface area contributed by atoms with Gasteiger partial charge in [0, 0.05) is 24.7 Å². The average molecular weight is 358 g/mol. The first-order valence-electron chi connectivity index (χ1n) is 8.59.